The van der Waals surface area contributed by atoms with E-state index < -0.39 is 5.54 Å². The minimum absolute atomic E-state index is 0.258. The lowest BCUT2D eigenvalue weighted by molar-refractivity contribution is 0.627. The highest BCUT2D eigenvalue weighted by Gasteiger charge is 2.29. The predicted octanol–water partition coefficient (Wildman–Crippen LogP) is 8.17. The molecular formula is C25H21F2IN4S2. The maximum absolute atomic E-state index is 12.8. The molecule has 0 amide bonds. The highest BCUT2D eigenvalue weighted by molar-refractivity contribution is 14.1. The van der Waals surface area contributed by atoms with Crippen LogP contribution in [-0.4, -0.2) is 14.9 Å². The van der Waals surface area contributed by atoms with Crippen LogP contribution in [-0.2, 0) is 12.0 Å². The number of thiazole rings is 2. The highest BCUT2D eigenvalue weighted by Crippen LogP contribution is 2.31. The number of aromatic nitrogens is 2. The van der Waals surface area contributed by atoms with E-state index in [9.17, 15) is 8.78 Å². The SMILES string of the molecule is CI.N#CCc1nc(-c2ccc(F)cc2)cs1.[C-]#[N+]C(C)(C)c1nc(-c2ccc(F)cc2)cs1. The Morgan fingerprint density at radius 2 is 1.38 bits per heavy atom. The number of alkyl halides is 1. The van der Waals surface area contributed by atoms with E-state index in [1.807, 2.05) is 35.6 Å². The lowest BCUT2D eigenvalue weighted by atomic mass is 10.1. The second kappa shape index (κ2) is 13.2. The van der Waals surface area contributed by atoms with Gasteiger partial charge in [-0.1, -0.05) is 22.6 Å². The second-order valence-corrected chi connectivity index (χ2v) is 8.98. The first-order chi connectivity index (χ1) is 16.3. The first-order valence-electron chi connectivity index (χ1n) is 9.88. The molecule has 0 atom stereocenters. The van der Waals surface area contributed by atoms with Crippen molar-refractivity contribution in [3.63, 3.8) is 0 Å². The summed E-state index contributed by atoms with van der Waals surface area (Å²) in [5, 5.41) is 13.8. The first kappa shape index (κ1) is 27.5. The van der Waals surface area contributed by atoms with Gasteiger partial charge in [-0.2, -0.15) is 5.26 Å². The molecule has 4 rings (SSSR count). The molecular weight excluding hydrogens is 585 g/mol. The summed E-state index contributed by atoms with van der Waals surface area (Å²) in [4.78, 5) is 14.2. The van der Waals surface area contributed by atoms with Crippen LogP contribution in [0, 0.1) is 29.5 Å². The van der Waals surface area contributed by atoms with Gasteiger partial charge in [0.25, 0.3) is 5.54 Å². The Hall–Kier alpha value is -2.73. The number of hydrogen-bond acceptors (Lipinski definition) is 5. The van der Waals surface area contributed by atoms with Crippen molar-refractivity contribution in [3.8, 4) is 28.6 Å². The van der Waals surface area contributed by atoms with Crippen LogP contribution in [0.1, 0.15) is 23.9 Å². The summed E-state index contributed by atoms with van der Waals surface area (Å²) in [6.07, 6.45) is 0.325. The molecule has 0 saturated heterocycles. The molecule has 4 nitrogen and oxygen atoms in total. The van der Waals surface area contributed by atoms with E-state index in [-0.39, 0.29) is 11.6 Å². The quantitative estimate of drug-likeness (QED) is 0.134. The van der Waals surface area contributed by atoms with Crippen LogP contribution in [0.4, 0.5) is 8.78 Å². The molecule has 0 aliphatic carbocycles. The Kier molecular flexibility index (Phi) is 10.7. The van der Waals surface area contributed by atoms with Crippen molar-refractivity contribution in [3.05, 3.63) is 92.4 Å². The zero-order valence-electron chi connectivity index (χ0n) is 18.7. The topological polar surface area (TPSA) is 53.9 Å². The molecule has 2 aromatic heterocycles. The summed E-state index contributed by atoms with van der Waals surface area (Å²) in [5.41, 5.74) is 2.74. The Morgan fingerprint density at radius 1 is 0.912 bits per heavy atom. The van der Waals surface area contributed by atoms with Gasteiger partial charge in [0.05, 0.1) is 23.9 Å². The lowest BCUT2D eigenvalue weighted by Crippen LogP contribution is -2.10. The van der Waals surface area contributed by atoms with E-state index in [1.165, 1.54) is 46.9 Å². The normalized spacial score (nSPS) is 10.1. The molecule has 0 aliphatic rings. The number of benzene rings is 2. The molecule has 0 saturated carbocycles. The van der Waals surface area contributed by atoms with Gasteiger partial charge in [0.2, 0.25) is 0 Å². The number of halogens is 3. The van der Waals surface area contributed by atoms with Crippen LogP contribution >= 0.6 is 45.3 Å². The Balaban J connectivity index is 0.000000225. The van der Waals surface area contributed by atoms with E-state index >= 15 is 0 Å². The van der Waals surface area contributed by atoms with Crippen LogP contribution in [0.5, 0.6) is 0 Å². The molecule has 0 N–H and O–H groups in total. The number of hydrogen-bond donors (Lipinski definition) is 0. The van der Waals surface area contributed by atoms with E-state index in [4.69, 9.17) is 11.8 Å². The first-order valence-corrected chi connectivity index (χ1v) is 13.8. The van der Waals surface area contributed by atoms with Gasteiger partial charge in [0, 0.05) is 35.7 Å². The maximum atomic E-state index is 12.8. The second-order valence-electron chi connectivity index (χ2n) is 7.18. The van der Waals surface area contributed by atoms with Gasteiger partial charge in [-0.05, 0) is 53.5 Å². The summed E-state index contributed by atoms with van der Waals surface area (Å²) < 4.78 is 25.5. The van der Waals surface area contributed by atoms with Gasteiger partial charge < -0.3 is 4.85 Å². The van der Waals surface area contributed by atoms with Crippen molar-refractivity contribution in [2.45, 2.75) is 25.8 Å². The average Bonchev–Trinajstić information content (AvgIpc) is 3.53. The Bertz CT molecular complexity index is 1270. The van der Waals surface area contributed by atoms with Crippen LogP contribution in [0.3, 0.4) is 0 Å². The van der Waals surface area contributed by atoms with Crippen LogP contribution in [0.2, 0.25) is 0 Å². The van der Waals surface area contributed by atoms with Gasteiger partial charge in [0.1, 0.15) is 16.6 Å². The van der Waals surface area contributed by atoms with Crippen LogP contribution < -0.4 is 0 Å². The molecule has 2 aromatic carbocycles. The minimum atomic E-state index is -0.594. The largest absolute Gasteiger partial charge is 0.303 e. The molecule has 0 spiro atoms. The minimum Gasteiger partial charge on any atom is -0.303 e. The molecule has 34 heavy (non-hydrogen) atoms. The van der Waals surface area contributed by atoms with Crippen molar-refractivity contribution < 1.29 is 8.78 Å². The third kappa shape index (κ3) is 7.66. The molecule has 0 aliphatic heterocycles. The lowest BCUT2D eigenvalue weighted by Gasteiger charge is -2.05. The van der Waals surface area contributed by atoms with Crippen LogP contribution in [0.15, 0.2) is 59.3 Å². The van der Waals surface area contributed by atoms with E-state index in [1.54, 1.807) is 24.3 Å². The number of nitriles is 1. The zero-order valence-corrected chi connectivity index (χ0v) is 22.5. The van der Waals surface area contributed by atoms with Crippen molar-refractivity contribution >= 4 is 45.3 Å². The number of rotatable bonds is 4. The molecule has 0 fully saturated rings. The molecule has 9 heteroatoms. The van der Waals surface area contributed by atoms with Gasteiger partial charge >= 0.3 is 0 Å². The van der Waals surface area contributed by atoms with E-state index in [0.29, 0.717) is 6.42 Å². The summed E-state index contributed by atoms with van der Waals surface area (Å²) in [5.74, 6) is -0.517. The van der Waals surface area contributed by atoms with Crippen LogP contribution in [0.25, 0.3) is 27.4 Å². The van der Waals surface area contributed by atoms with Gasteiger partial charge in [-0.25, -0.2) is 25.3 Å². The maximum Gasteiger partial charge on any atom is 0.277 e. The molecule has 2 heterocycles. The third-order valence-electron chi connectivity index (χ3n) is 4.37. The Labute approximate surface area is 219 Å². The molecule has 174 valence electrons. The molecule has 4 aromatic rings. The summed E-state index contributed by atoms with van der Waals surface area (Å²) >= 11 is 5.06. The van der Waals surface area contributed by atoms with Gasteiger partial charge in [0.15, 0.2) is 5.01 Å². The average molecular weight is 607 g/mol. The van der Waals surface area contributed by atoms with Crippen molar-refractivity contribution in [2.75, 3.05) is 4.93 Å². The van der Waals surface area contributed by atoms with E-state index in [2.05, 4.69) is 37.4 Å². The molecule has 0 radical (unpaired) electrons. The predicted molar refractivity (Wildman–Crippen MR) is 144 cm³/mol. The number of nitrogens with zero attached hydrogens (tertiary/aromatic N) is 4. The van der Waals surface area contributed by atoms with Crippen molar-refractivity contribution in [1.82, 2.24) is 9.97 Å². The Morgan fingerprint density at radius 3 is 1.85 bits per heavy atom. The summed E-state index contributed by atoms with van der Waals surface area (Å²) in [7, 11) is 0. The molecule has 0 bridgehead atoms. The molecule has 0 unspecified atom stereocenters. The van der Waals surface area contributed by atoms with Gasteiger partial charge in [-0.3, -0.25) is 0 Å². The summed E-state index contributed by atoms with van der Waals surface area (Å²) in [6, 6.07) is 14.4. The highest BCUT2D eigenvalue weighted by atomic mass is 127. The van der Waals surface area contributed by atoms with Crippen molar-refractivity contribution in [2.24, 2.45) is 0 Å². The van der Waals surface area contributed by atoms with E-state index in [0.717, 1.165) is 32.5 Å². The zero-order chi connectivity index (χ0) is 25.1. The summed E-state index contributed by atoms with van der Waals surface area (Å²) in [6.45, 7) is 10.8. The van der Waals surface area contributed by atoms with Crippen molar-refractivity contribution in [1.29, 1.82) is 5.26 Å². The smallest absolute Gasteiger partial charge is 0.277 e. The standard InChI is InChI=1S/C13H11FN2S.C11H7FN2S.CH3I/c1-13(2,15-3)12-16-11(8-17-12)9-4-6-10(14)7-5-9;12-9-3-1-8(2-4-9)10-7-15-11(14-10)5-6-13;1-2/h4-8H,1-2H3;1-4,7H,5H2;1H3. The monoisotopic (exact) mass is 606 g/mol. The third-order valence-corrected chi connectivity index (χ3v) is 6.37. The fourth-order valence-corrected chi connectivity index (χ4v) is 4.20. The fourth-order valence-electron chi connectivity index (χ4n) is 2.57. The van der Waals surface area contributed by atoms with Gasteiger partial charge in [-0.15, -0.1) is 22.7 Å². The fraction of sp³-hybridized carbons (Fsp3) is 0.200.